The number of carbonyl (C=O) groups is 1. The molecule has 6 heteroatoms. The molecule has 4 nitrogen and oxygen atoms in total. The van der Waals surface area contributed by atoms with Crippen LogP contribution in [0, 0.1) is 3.57 Å². The molecule has 0 aliphatic carbocycles. The lowest BCUT2D eigenvalue weighted by atomic mass is 10.2. The Morgan fingerprint density at radius 1 is 1.63 bits per heavy atom. The van der Waals surface area contributed by atoms with Crippen molar-refractivity contribution in [1.82, 2.24) is 4.98 Å². The molecule has 19 heavy (non-hydrogen) atoms. The number of benzene rings is 1. The molecule has 2 aromatic rings. The predicted octanol–water partition coefficient (Wildman–Crippen LogP) is 3.73. The van der Waals surface area contributed by atoms with Crippen LogP contribution in [0.5, 0.6) is 5.75 Å². The van der Waals surface area contributed by atoms with Crippen molar-refractivity contribution in [3.05, 3.63) is 33.0 Å². The fourth-order valence-corrected chi connectivity index (χ4v) is 2.89. The van der Waals surface area contributed by atoms with Crippen molar-refractivity contribution in [3.8, 4) is 5.75 Å². The average Bonchev–Trinajstić information content (AvgIpc) is 2.33. The van der Waals surface area contributed by atoms with Crippen LogP contribution in [0.4, 0.5) is 0 Å². The van der Waals surface area contributed by atoms with Crippen LogP contribution in [0.25, 0.3) is 10.9 Å². The maximum absolute atomic E-state index is 10.7. The second-order valence-corrected chi connectivity index (χ2v) is 5.66. The summed E-state index contributed by atoms with van der Waals surface area (Å²) >= 11 is 8.26. The number of rotatable bonds is 4. The highest BCUT2D eigenvalue weighted by Crippen LogP contribution is 2.35. The molecule has 0 amide bonds. The molecule has 0 unspecified atom stereocenters. The highest BCUT2D eigenvalue weighted by molar-refractivity contribution is 14.1. The van der Waals surface area contributed by atoms with Crippen LogP contribution in [-0.4, -0.2) is 22.2 Å². The van der Waals surface area contributed by atoms with Gasteiger partial charge in [0.1, 0.15) is 11.6 Å². The number of hydrogen-bond donors (Lipinski definition) is 1. The van der Waals surface area contributed by atoms with E-state index >= 15 is 0 Å². The lowest BCUT2D eigenvalue weighted by Crippen LogP contribution is -2.17. The van der Waals surface area contributed by atoms with Crippen molar-refractivity contribution >= 4 is 51.1 Å². The maximum atomic E-state index is 10.7. The zero-order valence-electron chi connectivity index (χ0n) is 10.1. The van der Waals surface area contributed by atoms with Crippen molar-refractivity contribution in [2.24, 2.45) is 0 Å². The van der Waals surface area contributed by atoms with Gasteiger partial charge in [0.05, 0.1) is 15.0 Å². The molecule has 0 spiro atoms. The third-order valence-electron chi connectivity index (χ3n) is 2.53. The van der Waals surface area contributed by atoms with Crippen molar-refractivity contribution in [3.63, 3.8) is 0 Å². The molecule has 0 aliphatic heterocycles. The van der Waals surface area contributed by atoms with Gasteiger partial charge in [-0.3, -0.25) is 9.78 Å². The third kappa shape index (κ3) is 3.27. The second kappa shape index (κ2) is 5.92. The number of pyridine rings is 1. The van der Waals surface area contributed by atoms with Gasteiger partial charge < -0.3 is 9.84 Å². The summed E-state index contributed by atoms with van der Waals surface area (Å²) < 4.78 is 6.53. The van der Waals surface area contributed by atoms with Gasteiger partial charge >= 0.3 is 5.97 Å². The van der Waals surface area contributed by atoms with Crippen molar-refractivity contribution in [2.75, 3.05) is 0 Å². The molecule has 1 heterocycles. The normalized spacial score (nSPS) is 12.4. The van der Waals surface area contributed by atoms with Gasteiger partial charge in [0.15, 0.2) is 5.75 Å². The molecule has 1 N–H and O–H groups in total. The van der Waals surface area contributed by atoms with E-state index in [4.69, 9.17) is 21.4 Å². The lowest BCUT2D eigenvalue weighted by Gasteiger charge is -2.16. The van der Waals surface area contributed by atoms with Gasteiger partial charge in [-0.25, -0.2) is 0 Å². The van der Waals surface area contributed by atoms with E-state index in [1.54, 1.807) is 25.3 Å². The van der Waals surface area contributed by atoms with E-state index < -0.39 is 12.1 Å². The number of fused-ring (bicyclic) bond motifs is 1. The summed E-state index contributed by atoms with van der Waals surface area (Å²) in [6, 6.07) is 5.44. The van der Waals surface area contributed by atoms with E-state index in [2.05, 4.69) is 27.6 Å². The SMILES string of the molecule is C[C@@H](CC(=O)O)Oc1c(I)cc(Cl)c2cccnc12. The lowest BCUT2D eigenvalue weighted by molar-refractivity contribution is -0.138. The minimum Gasteiger partial charge on any atom is -0.487 e. The smallest absolute Gasteiger partial charge is 0.307 e. The van der Waals surface area contributed by atoms with E-state index in [1.807, 2.05) is 6.07 Å². The first-order chi connectivity index (χ1) is 8.99. The molecule has 0 aliphatic rings. The van der Waals surface area contributed by atoms with E-state index in [1.165, 1.54) is 0 Å². The number of carboxylic acids is 1. The van der Waals surface area contributed by atoms with E-state index in [0.717, 1.165) is 8.96 Å². The molecule has 1 aromatic carbocycles. The number of carboxylic acid groups (broad SMARTS) is 1. The number of nitrogens with zero attached hydrogens (tertiary/aromatic N) is 1. The van der Waals surface area contributed by atoms with Gasteiger partial charge in [-0.2, -0.15) is 0 Å². The molecule has 2 rings (SSSR count). The van der Waals surface area contributed by atoms with E-state index in [0.29, 0.717) is 16.3 Å². The minimum absolute atomic E-state index is 0.0625. The average molecular weight is 392 g/mol. The molecule has 0 saturated carbocycles. The summed E-state index contributed by atoms with van der Waals surface area (Å²) in [5.41, 5.74) is 0.650. The van der Waals surface area contributed by atoms with Gasteiger partial charge in [0.25, 0.3) is 0 Å². The summed E-state index contributed by atoms with van der Waals surface area (Å²) in [5, 5.41) is 10.2. The van der Waals surface area contributed by atoms with Gasteiger partial charge in [-0.05, 0) is 47.7 Å². The van der Waals surface area contributed by atoms with Crippen LogP contribution in [0.1, 0.15) is 13.3 Å². The van der Waals surface area contributed by atoms with Crippen LogP contribution in [-0.2, 0) is 4.79 Å². The Morgan fingerprint density at radius 3 is 3.05 bits per heavy atom. The summed E-state index contributed by atoms with van der Waals surface area (Å²) in [6.45, 7) is 1.72. The highest BCUT2D eigenvalue weighted by atomic mass is 127. The fourth-order valence-electron chi connectivity index (χ4n) is 1.75. The number of aromatic nitrogens is 1. The molecular weight excluding hydrogens is 381 g/mol. The number of hydrogen-bond acceptors (Lipinski definition) is 3. The maximum Gasteiger partial charge on any atom is 0.307 e. The quantitative estimate of drug-likeness (QED) is 0.807. The Hall–Kier alpha value is -1.08. The van der Waals surface area contributed by atoms with Crippen LogP contribution < -0.4 is 4.74 Å². The topological polar surface area (TPSA) is 59.4 Å². The largest absolute Gasteiger partial charge is 0.487 e. The zero-order chi connectivity index (χ0) is 14.0. The van der Waals surface area contributed by atoms with Crippen LogP contribution >= 0.6 is 34.2 Å². The Labute approximate surface area is 128 Å². The highest BCUT2D eigenvalue weighted by Gasteiger charge is 2.16. The van der Waals surface area contributed by atoms with Crippen LogP contribution in [0.3, 0.4) is 0 Å². The molecule has 0 bridgehead atoms. The van der Waals surface area contributed by atoms with Crippen molar-refractivity contribution < 1.29 is 14.6 Å². The van der Waals surface area contributed by atoms with Gasteiger partial charge in [-0.15, -0.1) is 0 Å². The first-order valence-electron chi connectivity index (χ1n) is 5.60. The first-order valence-corrected chi connectivity index (χ1v) is 7.06. The summed E-state index contributed by atoms with van der Waals surface area (Å²) in [5.74, 6) is -0.317. The van der Waals surface area contributed by atoms with E-state index in [-0.39, 0.29) is 6.42 Å². The Balaban J connectivity index is 2.45. The number of aliphatic carboxylic acids is 1. The standard InChI is InChI=1S/C13H11ClINO3/c1-7(5-11(17)18)19-13-10(15)6-9(14)8-3-2-4-16-12(8)13/h2-4,6-7H,5H2,1H3,(H,17,18)/t7-/m0/s1. The van der Waals surface area contributed by atoms with Crippen molar-refractivity contribution in [2.45, 2.75) is 19.4 Å². The minimum atomic E-state index is -0.895. The molecule has 0 saturated heterocycles. The van der Waals surface area contributed by atoms with Gasteiger partial charge in [0, 0.05) is 11.6 Å². The summed E-state index contributed by atoms with van der Waals surface area (Å²) in [6.07, 6.45) is 1.16. The predicted molar refractivity (Wildman–Crippen MR) is 81.8 cm³/mol. The first kappa shape index (κ1) is 14.3. The van der Waals surface area contributed by atoms with Gasteiger partial charge in [-0.1, -0.05) is 11.6 Å². The van der Waals surface area contributed by atoms with Gasteiger partial charge in [0.2, 0.25) is 0 Å². The summed E-state index contributed by atoms with van der Waals surface area (Å²) in [4.78, 5) is 15.0. The molecule has 0 fully saturated rings. The summed E-state index contributed by atoms with van der Waals surface area (Å²) in [7, 11) is 0. The fraction of sp³-hybridized carbons (Fsp3) is 0.231. The third-order valence-corrected chi connectivity index (χ3v) is 3.65. The van der Waals surface area contributed by atoms with Crippen LogP contribution in [0.15, 0.2) is 24.4 Å². The Bertz CT molecular complexity index is 633. The molecule has 0 radical (unpaired) electrons. The zero-order valence-corrected chi connectivity index (χ0v) is 13.0. The Morgan fingerprint density at radius 2 is 2.37 bits per heavy atom. The molecule has 1 atom stereocenters. The number of halogens is 2. The monoisotopic (exact) mass is 391 g/mol. The van der Waals surface area contributed by atoms with Crippen molar-refractivity contribution in [1.29, 1.82) is 0 Å². The molecule has 100 valence electrons. The Kier molecular flexibility index (Phi) is 4.46. The second-order valence-electron chi connectivity index (χ2n) is 4.10. The number of ether oxygens (including phenoxy) is 1. The molecular formula is C13H11ClINO3. The molecule has 1 aromatic heterocycles. The van der Waals surface area contributed by atoms with Crippen LogP contribution in [0.2, 0.25) is 5.02 Å². The van der Waals surface area contributed by atoms with E-state index in [9.17, 15) is 4.79 Å².